The van der Waals surface area contributed by atoms with Crippen molar-refractivity contribution in [3.8, 4) is 11.5 Å². The van der Waals surface area contributed by atoms with E-state index in [0.29, 0.717) is 17.1 Å². The highest BCUT2D eigenvalue weighted by Crippen LogP contribution is 2.19. The Labute approximate surface area is 133 Å². The minimum absolute atomic E-state index is 0.366. The molecule has 120 valence electrons. The van der Waals surface area contributed by atoms with Crippen LogP contribution >= 0.6 is 0 Å². The number of methoxy groups -OCH3 is 1. The lowest BCUT2D eigenvalue weighted by Crippen LogP contribution is -2.33. The van der Waals surface area contributed by atoms with Crippen LogP contribution in [0.3, 0.4) is 0 Å². The molecule has 0 radical (unpaired) electrons. The van der Waals surface area contributed by atoms with E-state index in [1.54, 1.807) is 50.4 Å². The number of carbonyl (C=O) groups is 1. The standard InChI is InChI=1S/C17H17FN2O3/c1-12(23-16-8-4-7-15(10-16)22-2)17(21)20-19-11-13-5-3-6-14(18)9-13/h3-12H,1-2H3,(H,20,21)/b19-11+. The molecule has 0 heterocycles. The van der Waals surface area contributed by atoms with Crippen LogP contribution in [0.2, 0.25) is 0 Å². The van der Waals surface area contributed by atoms with E-state index in [0.717, 1.165) is 0 Å². The van der Waals surface area contributed by atoms with Gasteiger partial charge in [-0.2, -0.15) is 5.10 Å². The van der Waals surface area contributed by atoms with Gasteiger partial charge in [0.05, 0.1) is 13.3 Å². The Bertz CT molecular complexity index is 704. The van der Waals surface area contributed by atoms with Crippen molar-refractivity contribution in [1.29, 1.82) is 0 Å². The second-order valence-corrected chi connectivity index (χ2v) is 4.73. The summed E-state index contributed by atoms with van der Waals surface area (Å²) < 4.78 is 23.6. The van der Waals surface area contributed by atoms with E-state index in [9.17, 15) is 9.18 Å². The van der Waals surface area contributed by atoms with Gasteiger partial charge in [0.25, 0.3) is 5.91 Å². The molecule has 0 spiro atoms. The van der Waals surface area contributed by atoms with Crippen LogP contribution in [0.15, 0.2) is 53.6 Å². The Hall–Kier alpha value is -2.89. The fourth-order valence-electron chi connectivity index (χ4n) is 1.78. The number of nitrogens with zero attached hydrogens (tertiary/aromatic N) is 1. The minimum atomic E-state index is -0.744. The molecule has 0 aliphatic heterocycles. The molecular formula is C17H17FN2O3. The highest BCUT2D eigenvalue weighted by atomic mass is 19.1. The molecule has 0 aromatic heterocycles. The maximum Gasteiger partial charge on any atom is 0.280 e. The van der Waals surface area contributed by atoms with Gasteiger partial charge in [0.15, 0.2) is 6.10 Å². The van der Waals surface area contributed by atoms with E-state index in [2.05, 4.69) is 10.5 Å². The Balaban J connectivity index is 1.89. The zero-order valence-corrected chi connectivity index (χ0v) is 12.8. The number of hydrogen-bond acceptors (Lipinski definition) is 4. The topological polar surface area (TPSA) is 59.9 Å². The smallest absolute Gasteiger partial charge is 0.280 e. The second-order valence-electron chi connectivity index (χ2n) is 4.73. The first-order chi connectivity index (χ1) is 11.1. The molecule has 0 fully saturated rings. The molecule has 1 atom stereocenters. The SMILES string of the molecule is COc1cccc(OC(C)C(=O)N/N=C/c2cccc(F)c2)c1. The van der Waals surface area contributed by atoms with Gasteiger partial charge in [-0.15, -0.1) is 0 Å². The van der Waals surface area contributed by atoms with Crippen molar-refractivity contribution >= 4 is 12.1 Å². The van der Waals surface area contributed by atoms with Crippen molar-refractivity contribution in [2.24, 2.45) is 5.10 Å². The van der Waals surface area contributed by atoms with E-state index in [-0.39, 0.29) is 5.82 Å². The number of hydrazone groups is 1. The van der Waals surface area contributed by atoms with Crippen molar-refractivity contribution < 1.29 is 18.7 Å². The van der Waals surface area contributed by atoms with Crippen LogP contribution in [-0.4, -0.2) is 25.3 Å². The van der Waals surface area contributed by atoms with E-state index < -0.39 is 12.0 Å². The molecule has 1 amide bonds. The third kappa shape index (κ3) is 5.10. The number of amides is 1. The van der Waals surface area contributed by atoms with Crippen molar-refractivity contribution in [2.45, 2.75) is 13.0 Å². The Morgan fingerprint density at radius 3 is 2.70 bits per heavy atom. The normalized spacial score (nSPS) is 12.0. The van der Waals surface area contributed by atoms with Crippen LogP contribution in [0, 0.1) is 5.82 Å². The van der Waals surface area contributed by atoms with Crippen LogP contribution in [0.25, 0.3) is 0 Å². The van der Waals surface area contributed by atoms with Crippen molar-refractivity contribution in [2.75, 3.05) is 7.11 Å². The molecule has 0 aliphatic rings. The number of benzene rings is 2. The highest BCUT2D eigenvalue weighted by Gasteiger charge is 2.14. The average molecular weight is 316 g/mol. The first-order valence-corrected chi connectivity index (χ1v) is 6.97. The molecule has 23 heavy (non-hydrogen) atoms. The summed E-state index contributed by atoms with van der Waals surface area (Å²) in [4.78, 5) is 11.9. The molecule has 2 rings (SSSR count). The first-order valence-electron chi connectivity index (χ1n) is 6.97. The lowest BCUT2D eigenvalue weighted by atomic mass is 10.2. The summed E-state index contributed by atoms with van der Waals surface area (Å²) in [5, 5.41) is 3.78. The average Bonchev–Trinajstić information content (AvgIpc) is 2.55. The minimum Gasteiger partial charge on any atom is -0.497 e. The summed E-state index contributed by atoms with van der Waals surface area (Å²) in [5.74, 6) is 0.371. The number of nitrogens with one attached hydrogen (secondary N) is 1. The van der Waals surface area contributed by atoms with Gasteiger partial charge in [-0.05, 0) is 36.8 Å². The largest absolute Gasteiger partial charge is 0.497 e. The van der Waals surface area contributed by atoms with E-state index >= 15 is 0 Å². The summed E-state index contributed by atoms with van der Waals surface area (Å²) in [5.41, 5.74) is 2.90. The van der Waals surface area contributed by atoms with Crippen LogP contribution in [-0.2, 0) is 4.79 Å². The number of carbonyl (C=O) groups excluding carboxylic acids is 1. The highest BCUT2D eigenvalue weighted by molar-refractivity contribution is 5.84. The van der Waals surface area contributed by atoms with Gasteiger partial charge in [0, 0.05) is 6.07 Å². The quantitative estimate of drug-likeness (QED) is 0.658. The third-order valence-electron chi connectivity index (χ3n) is 2.96. The number of ether oxygens (including phenoxy) is 2. The molecule has 0 saturated heterocycles. The lowest BCUT2D eigenvalue weighted by molar-refractivity contribution is -0.127. The molecule has 0 saturated carbocycles. The molecule has 5 nitrogen and oxygen atoms in total. The molecule has 2 aromatic carbocycles. The van der Waals surface area contributed by atoms with Gasteiger partial charge in [-0.25, -0.2) is 9.82 Å². The maximum absolute atomic E-state index is 13.0. The molecular weight excluding hydrogens is 299 g/mol. The van der Waals surface area contributed by atoms with Crippen molar-refractivity contribution in [1.82, 2.24) is 5.43 Å². The predicted octanol–water partition coefficient (Wildman–Crippen LogP) is 2.75. The van der Waals surface area contributed by atoms with E-state index in [1.165, 1.54) is 18.3 Å². The molecule has 0 aliphatic carbocycles. The lowest BCUT2D eigenvalue weighted by Gasteiger charge is -2.13. The zero-order chi connectivity index (χ0) is 16.7. The Kier molecular flexibility index (Phi) is 5.68. The number of rotatable bonds is 6. The Morgan fingerprint density at radius 2 is 1.96 bits per heavy atom. The summed E-state index contributed by atoms with van der Waals surface area (Å²) in [7, 11) is 1.55. The Morgan fingerprint density at radius 1 is 1.22 bits per heavy atom. The summed E-state index contributed by atoms with van der Waals surface area (Å²) in [6, 6.07) is 12.8. The van der Waals surface area contributed by atoms with Crippen molar-refractivity contribution in [3.05, 3.63) is 59.9 Å². The van der Waals surface area contributed by atoms with Gasteiger partial charge in [0.1, 0.15) is 17.3 Å². The number of halogens is 1. The van der Waals surface area contributed by atoms with E-state index in [1.807, 2.05) is 0 Å². The third-order valence-corrected chi connectivity index (χ3v) is 2.96. The summed E-state index contributed by atoms with van der Waals surface area (Å²) in [6.45, 7) is 1.60. The fourth-order valence-corrected chi connectivity index (χ4v) is 1.78. The molecule has 0 bridgehead atoms. The van der Waals surface area contributed by atoms with E-state index in [4.69, 9.17) is 9.47 Å². The fraction of sp³-hybridized carbons (Fsp3) is 0.176. The van der Waals surface area contributed by atoms with Gasteiger partial charge < -0.3 is 9.47 Å². The monoisotopic (exact) mass is 316 g/mol. The predicted molar refractivity (Wildman–Crippen MR) is 85.2 cm³/mol. The molecule has 1 N–H and O–H groups in total. The first kappa shape index (κ1) is 16.5. The molecule has 1 unspecified atom stereocenters. The van der Waals surface area contributed by atoms with Crippen LogP contribution in [0.5, 0.6) is 11.5 Å². The van der Waals surface area contributed by atoms with Gasteiger partial charge in [-0.1, -0.05) is 18.2 Å². The number of hydrogen-bond donors (Lipinski definition) is 1. The van der Waals surface area contributed by atoms with Crippen LogP contribution < -0.4 is 14.9 Å². The summed E-state index contributed by atoms with van der Waals surface area (Å²) >= 11 is 0. The van der Waals surface area contributed by atoms with Crippen LogP contribution in [0.1, 0.15) is 12.5 Å². The maximum atomic E-state index is 13.0. The van der Waals surface area contributed by atoms with Crippen molar-refractivity contribution in [3.63, 3.8) is 0 Å². The van der Waals surface area contributed by atoms with Crippen LogP contribution in [0.4, 0.5) is 4.39 Å². The van der Waals surface area contributed by atoms with Gasteiger partial charge in [0.2, 0.25) is 0 Å². The zero-order valence-electron chi connectivity index (χ0n) is 12.8. The summed E-state index contributed by atoms with van der Waals surface area (Å²) in [6.07, 6.45) is 0.617. The van der Waals surface area contributed by atoms with Gasteiger partial charge >= 0.3 is 0 Å². The second kappa shape index (κ2) is 7.93. The van der Waals surface area contributed by atoms with Gasteiger partial charge in [-0.3, -0.25) is 4.79 Å². The molecule has 2 aromatic rings. The molecule has 6 heteroatoms.